The first-order valence-electron chi connectivity index (χ1n) is 6.60. The van der Waals surface area contributed by atoms with E-state index in [1.165, 1.54) is 5.56 Å². The molecule has 3 nitrogen and oxygen atoms in total. The van der Waals surface area contributed by atoms with Gasteiger partial charge in [0.25, 0.3) is 0 Å². The average Bonchev–Trinajstić information content (AvgIpc) is 2.39. The van der Waals surface area contributed by atoms with Crippen molar-refractivity contribution in [1.29, 1.82) is 0 Å². The fraction of sp³-hybridized carbons (Fsp3) is 0.533. The second-order valence-corrected chi connectivity index (χ2v) is 4.47. The van der Waals surface area contributed by atoms with Gasteiger partial charge in [0.2, 0.25) is 0 Å². The summed E-state index contributed by atoms with van der Waals surface area (Å²) in [6.07, 6.45) is 0. The predicted octanol–water partition coefficient (Wildman–Crippen LogP) is 2.71. The van der Waals surface area contributed by atoms with Crippen molar-refractivity contribution in [3.63, 3.8) is 0 Å². The summed E-state index contributed by atoms with van der Waals surface area (Å²) >= 11 is 0. The van der Waals surface area contributed by atoms with Crippen LogP contribution in [0.15, 0.2) is 30.3 Å². The second-order valence-electron chi connectivity index (χ2n) is 4.47. The highest BCUT2D eigenvalue weighted by molar-refractivity contribution is 5.72. The molecule has 0 radical (unpaired) electrons. The summed E-state index contributed by atoms with van der Waals surface area (Å²) in [5.74, 6) is -0.183. The van der Waals surface area contributed by atoms with Crippen molar-refractivity contribution >= 4 is 5.97 Å². The highest BCUT2D eigenvalue weighted by Crippen LogP contribution is 2.08. The second kappa shape index (κ2) is 7.88. The molecule has 0 aliphatic heterocycles. The Balaban J connectivity index is 2.49. The fourth-order valence-corrected chi connectivity index (χ4v) is 1.89. The summed E-state index contributed by atoms with van der Waals surface area (Å²) in [6, 6.07) is 10.3. The highest BCUT2D eigenvalue weighted by atomic mass is 16.5. The number of carbonyl (C=O) groups is 1. The van der Waals surface area contributed by atoms with Gasteiger partial charge in [0.1, 0.15) is 0 Å². The average molecular weight is 249 g/mol. The zero-order chi connectivity index (χ0) is 13.4. The Morgan fingerprint density at radius 1 is 1.28 bits per heavy atom. The molecular weight excluding hydrogens is 226 g/mol. The molecule has 0 spiro atoms. The molecule has 18 heavy (non-hydrogen) atoms. The maximum Gasteiger partial charge on any atom is 0.309 e. The minimum Gasteiger partial charge on any atom is -0.466 e. The smallest absolute Gasteiger partial charge is 0.309 e. The summed E-state index contributed by atoms with van der Waals surface area (Å²) in [7, 11) is 0. The molecule has 1 aromatic carbocycles. The van der Waals surface area contributed by atoms with E-state index in [1.54, 1.807) is 0 Å². The van der Waals surface area contributed by atoms with Crippen LogP contribution < -0.4 is 0 Å². The fourth-order valence-electron chi connectivity index (χ4n) is 1.89. The number of ether oxygens (including phenoxy) is 1. The normalized spacial score (nSPS) is 12.4. The number of hydrogen-bond acceptors (Lipinski definition) is 3. The van der Waals surface area contributed by atoms with E-state index in [1.807, 2.05) is 32.0 Å². The van der Waals surface area contributed by atoms with Gasteiger partial charge in [-0.3, -0.25) is 9.69 Å². The van der Waals surface area contributed by atoms with Gasteiger partial charge in [0, 0.05) is 13.1 Å². The van der Waals surface area contributed by atoms with Crippen LogP contribution in [-0.4, -0.2) is 30.6 Å². The highest BCUT2D eigenvalue weighted by Gasteiger charge is 2.17. The molecule has 0 aliphatic carbocycles. The molecular formula is C15H23NO2. The molecule has 100 valence electrons. The van der Waals surface area contributed by atoms with E-state index in [2.05, 4.69) is 24.0 Å². The predicted molar refractivity (Wildman–Crippen MR) is 73.2 cm³/mol. The monoisotopic (exact) mass is 249 g/mol. The van der Waals surface area contributed by atoms with Gasteiger partial charge in [-0.05, 0) is 19.0 Å². The summed E-state index contributed by atoms with van der Waals surface area (Å²) in [5.41, 5.74) is 1.27. The molecule has 1 aromatic rings. The van der Waals surface area contributed by atoms with E-state index >= 15 is 0 Å². The lowest BCUT2D eigenvalue weighted by Gasteiger charge is -2.23. The third kappa shape index (κ3) is 4.88. The lowest BCUT2D eigenvalue weighted by Crippen LogP contribution is -2.32. The summed E-state index contributed by atoms with van der Waals surface area (Å²) in [6.45, 7) is 8.87. The van der Waals surface area contributed by atoms with Crippen LogP contribution in [0, 0.1) is 5.92 Å². The molecule has 0 heterocycles. The lowest BCUT2D eigenvalue weighted by molar-refractivity contribution is -0.148. The van der Waals surface area contributed by atoms with Crippen LogP contribution in [0.2, 0.25) is 0 Å². The molecule has 0 saturated heterocycles. The largest absolute Gasteiger partial charge is 0.466 e. The summed E-state index contributed by atoms with van der Waals surface area (Å²) in [5, 5.41) is 0. The zero-order valence-corrected chi connectivity index (χ0v) is 11.6. The van der Waals surface area contributed by atoms with Gasteiger partial charge in [-0.1, -0.05) is 44.2 Å². The van der Waals surface area contributed by atoms with Crippen molar-refractivity contribution in [2.45, 2.75) is 27.3 Å². The van der Waals surface area contributed by atoms with Gasteiger partial charge in [-0.2, -0.15) is 0 Å². The van der Waals surface area contributed by atoms with E-state index < -0.39 is 0 Å². The molecule has 0 fully saturated rings. The van der Waals surface area contributed by atoms with E-state index in [0.29, 0.717) is 6.61 Å². The van der Waals surface area contributed by atoms with Crippen molar-refractivity contribution < 1.29 is 9.53 Å². The van der Waals surface area contributed by atoms with Crippen molar-refractivity contribution in [3.8, 4) is 0 Å². The van der Waals surface area contributed by atoms with Gasteiger partial charge in [0.05, 0.1) is 12.5 Å². The van der Waals surface area contributed by atoms with Gasteiger partial charge in [-0.15, -0.1) is 0 Å². The van der Waals surface area contributed by atoms with E-state index in [9.17, 15) is 4.79 Å². The molecule has 0 amide bonds. The molecule has 1 rings (SSSR count). The van der Waals surface area contributed by atoms with Crippen molar-refractivity contribution in [2.24, 2.45) is 5.92 Å². The van der Waals surface area contributed by atoms with Crippen LogP contribution in [0.5, 0.6) is 0 Å². The van der Waals surface area contributed by atoms with Crippen LogP contribution >= 0.6 is 0 Å². The van der Waals surface area contributed by atoms with Gasteiger partial charge in [-0.25, -0.2) is 0 Å². The topological polar surface area (TPSA) is 29.5 Å². The Hall–Kier alpha value is -1.35. The molecule has 1 atom stereocenters. The molecule has 0 bridgehead atoms. The molecule has 0 aromatic heterocycles. The van der Waals surface area contributed by atoms with E-state index in [0.717, 1.165) is 19.6 Å². The Kier molecular flexibility index (Phi) is 6.44. The van der Waals surface area contributed by atoms with Crippen LogP contribution in [0.3, 0.4) is 0 Å². The maximum atomic E-state index is 11.6. The number of rotatable bonds is 7. The Bertz CT molecular complexity index is 351. The third-order valence-corrected chi connectivity index (χ3v) is 2.92. The number of carbonyl (C=O) groups excluding carboxylic acids is 1. The Morgan fingerprint density at radius 3 is 2.50 bits per heavy atom. The van der Waals surface area contributed by atoms with Crippen LogP contribution in [0.25, 0.3) is 0 Å². The number of nitrogens with zero attached hydrogens (tertiary/aromatic N) is 1. The Morgan fingerprint density at radius 2 is 1.94 bits per heavy atom. The van der Waals surface area contributed by atoms with Crippen molar-refractivity contribution in [1.82, 2.24) is 4.90 Å². The number of esters is 1. The Labute approximate surface area is 110 Å². The summed E-state index contributed by atoms with van der Waals surface area (Å²) < 4.78 is 5.03. The van der Waals surface area contributed by atoms with Gasteiger partial charge >= 0.3 is 5.97 Å². The first-order valence-corrected chi connectivity index (χ1v) is 6.60. The minimum atomic E-state index is -0.107. The molecule has 1 unspecified atom stereocenters. The number of benzene rings is 1. The van der Waals surface area contributed by atoms with Crippen molar-refractivity contribution in [3.05, 3.63) is 35.9 Å². The van der Waals surface area contributed by atoms with E-state index in [4.69, 9.17) is 4.74 Å². The number of hydrogen-bond donors (Lipinski definition) is 0. The third-order valence-electron chi connectivity index (χ3n) is 2.92. The lowest BCUT2D eigenvalue weighted by atomic mass is 10.1. The van der Waals surface area contributed by atoms with Crippen LogP contribution in [0.4, 0.5) is 0 Å². The summed E-state index contributed by atoms with van der Waals surface area (Å²) in [4.78, 5) is 13.9. The SMILES string of the molecule is CCOC(=O)C(C)CN(CC)Cc1ccccc1. The molecule has 0 N–H and O–H groups in total. The quantitative estimate of drug-likeness (QED) is 0.696. The first kappa shape index (κ1) is 14.7. The van der Waals surface area contributed by atoms with Crippen molar-refractivity contribution in [2.75, 3.05) is 19.7 Å². The molecule has 0 saturated carbocycles. The minimum absolute atomic E-state index is 0.0754. The van der Waals surface area contributed by atoms with Crippen LogP contribution in [0.1, 0.15) is 26.3 Å². The van der Waals surface area contributed by atoms with Gasteiger partial charge in [0.15, 0.2) is 0 Å². The van der Waals surface area contributed by atoms with Gasteiger partial charge < -0.3 is 4.74 Å². The standard InChI is InChI=1S/C15H23NO2/c1-4-16(11-13(3)15(17)18-5-2)12-14-9-7-6-8-10-14/h6-10,13H,4-5,11-12H2,1-3H3. The van der Waals surface area contributed by atoms with Crippen LogP contribution in [-0.2, 0) is 16.1 Å². The maximum absolute atomic E-state index is 11.6. The zero-order valence-electron chi connectivity index (χ0n) is 11.6. The van der Waals surface area contributed by atoms with E-state index in [-0.39, 0.29) is 11.9 Å². The first-order chi connectivity index (χ1) is 8.67. The molecule has 3 heteroatoms. The molecule has 0 aliphatic rings.